The SMILES string of the molecule is O=C([35Cl])c1ccccc1. The van der Waals surface area contributed by atoms with Crippen molar-refractivity contribution in [3.63, 3.8) is 0 Å². The first kappa shape index (κ1) is 6.30. The van der Waals surface area contributed by atoms with Crippen molar-refractivity contribution in [2.24, 2.45) is 0 Å². The van der Waals surface area contributed by atoms with Crippen molar-refractivity contribution in [1.82, 2.24) is 0 Å². The maximum atomic E-state index is 10.4. The zero-order valence-corrected chi connectivity index (χ0v) is 5.43. The standard InChI is InChI=1S/C7H5ClO/c8-7(9)6-4-2-1-3-5-6/h1-5H/i8+0. The fourth-order valence-electron chi connectivity index (χ4n) is 0.569. The Bertz CT molecular complexity index is 205. The van der Waals surface area contributed by atoms with Gasteiger partial charge in [-0.25, -0.2) is 0 Å². The van der Waals surface area contributed by atoms with Gasteiger partial charge < -0.3 is 0 Å². The molecule has 0 radical (unpaired) electrons. The number of rotatable bonds is 1. The van der Waals surface area contributed by atoms with Crippen LogP contribution in [0.4, 0.5) is 0 Å². The van der Waals surface area contributed by atoms with E-state index in [4.69, 9.17) is 11.6 Å². The van der Waals surface area contributed by atoms with Crippen LogP contribution >= 0.6 is 11.6 Å². The third kappa shape index (κ3) is 1.54. The van der Waals surface area contributed by atoms with Crippen LogP contribution < -0.4 is 0 Å². The molecule has 1 nitrogen and oxygen atoms in total. The lowest BCUT2D eigenvalue weighted by Gasteiger charge is -1.87. The molecule has 0 aliphatic carbocycles. The lowest BCUT2D eigenvalue weighted by molar-refractivity contribution is 0.108. The van der Waals surface area contributed by atoms with Crippen LogP contribution in [0.3, 0.4) is 0 Å². The summed E-state index contributed by atoms with van der Waals surface area (Å²) >= 11 is 5.16. The van der Waals surface area contributed by atoms with Gasteiger partial charge in [0.2, 0.25) is 0 Å². The van der Waals surface area contributed by atoms with Gasteiger partial charge >= 0.3 is 0 Å². The van der Waals surface area contributed by atoms with E-state index >= 15 is 0 Å². The minimum absolute atomic E-state index is 0.407. The molecule has 1 rings (SSSR count). The molecular weight excluding hydrogens is 135 g/mol. The van der Waals surface area contributed by atoms with E-state index in [1.165, 1.54) is 0 Å². The fraction of sp³-hybridized carbons (Fsp3) is 0. The average Bonchev–Trinajstić information content (AvgIpc) is 1.90. The molecule has 0 amide bonds. The molecule has 0 bridgehead atoms. The largest absolute Gasteiger partial charge is 0.276 e. The van der Waals surface area contributed by atoms with Gasteiger partial charge in [-0.1, -0.05) is 30.3 Å². The van der Waals surface area contributed by atoms with Gasteiger partial charge in [-0.3, -0.25) is 4.79 Å². The van der Waals surface area contributed by atoms with Crippen LogP contribution in [0.5, 0.6) is 0 Å². The number of hydrogen-bond donors (Lipinski definition) is 0. The highest BCUT2D eigenvalue weighted by atomic mass is 35.0. The van der Waals surface area contributed by atoms with Crippen molar-refractivity contribution < 1.29 is 4.79 Å². The highest BCUT2D eigenvalue weighted by Gasteiger charge is 1.95. The Kier molecular flexibility index (Phi) is 1.85. The highest BCUT2D eigenvalue weighted by Crippen LogP contribution is 2.01. The second-order valence-corrected chi connectivity index (χ2v) is 1.98. The number of carbonyl (C=O) groups excluding carboxylic acids is 1. The number of benzene rings is 1. The second kappa shape index (κ2) is 2.65. The molecule has 0 heterocycles. The molecule has 0 N–H and O–H groups in total. The Hall–Kier alpha value is -0.820. The zero-order chi connectivity index (χ0) is 6.69. The van der Waals surface area contributed by atoms with E-state index in [0.29, 0.717) is 5.56 Å². The summed E-state index contributed by atoms with van der Waals surface area (Å²) in [7, 11) is 0. The first-order valence-electron chi connectivity index (χ1n) is 2.55. The van der Waals surface area contributed by atoms with Gasteiger partial charge in [0.25, 0.3) is 5.24 Å². The predicted octanol–water partition coefficient (Wildman–Crippen LogP) is 2.07. The molecule has 9 heavy (non-hydrogen) atoms. The minimum Gasteiger partial charge on any atom is -0.276 e. The quantitative estimate of drug-likeness (QED) is 0.545. The lowest BCUT2D eigenvalue weighted by Crippen LogP contribution is -1.84. The van der Waals surface area contributed by atoms with Crippen LogP contribution in [0.2, 0.25) is 0 Å². The molecule has 0 saturated carbocycles. The van der Waals surface area contributed by atoms with Crippen molar-refractivity contribution in [3.8, 4) is 0 Å². The Labute approximate surface area is 58.3 Å². The summed E-state index contributed by atoms with van der Waals surface area (Å²) in [6.45, 7) is 0. The predicted molar refractivity (Wildman–Crippen MR) is 36.6 cm³/mol. The van der Waals surface area contributed by atoms with E-state index in [9.17, 15) is 4.79 Å². The van der Waals surface area contributed by atoms with E-state index in [1.807, 2.05) is 6.07 Å². The average molecular weight is 140 g/mol. The molecule has 46 valence electrons. The van der Waals surface area contributed by atoms with Crippen molar-refractivity contribution >= 4 is 16.8 Å². The van der Waals surface area contributed by atoms with Gasteiger partial charge in [-0.15, -0.1) is 0 Å². The summed E-state index contributed by atoms with van der Waals surface area (Å²) in [5.41, 5.74) is 0.541. The zero-order valence-electron chi connectivity index (χ0n) is 4.67. The molecule has 0 aliphatic rings. The van der Waals surface area contributed by atoms with Crippen LogP contribution in [0, 0.1) is 0 Å². The molecule has 0 aliphatic heterocycles. The van der Waals surface area contributed by atoms with E-state index in [2.05, 4.69) is 0 Å². The maximum absolute atomic E-state index is 10.4. The van der Waals surface area contributed by atoms with Gasteiger partial charge in [0.05, 0.1) is 0 Å². The van der Waals surface area contributed by atoms with E-state index in [0.717, 1.165) is 0 Å². The molecule has 0 fully saturated rings. The number of carbonyl (C=O) groups is 1. The minimum atomic E-state index is -0.407. The molecule has 1 aromatic rings. The normalized spacial score (nSPS) is 9.00. The Balaban J connectivity index is 2.98. The summed E-state index contributed by atoms with van der Waals surface area (Å²) in [6, 6.07) is 8.74. The number of hydrogen-bond acceptors (Lipinski definition) is 1. The van der Waals surface area contributed by atoms with Crippen molar-refractivity contribution in [2.45, 2.75) is 0 Å². The molecule has 0 spiro atoms. The van der Waals surface area contributed by atoms with Gasteiger partial charge in [0, 0.05) is 5.56 Å². The fourth-order valence-corrected chi connectivity index (χ4v) is 0.695. The molecule has 0 saturated heterocycles. The summed E-state index contributed by atoms with van der Waals surface area (Å²) < 4.78 is 0. The van der Waals surface area contributed by atoms with Crippen LogP contribution in [-0.4, -0.2) is 5.24 Å². The molecule has 2 heteroatoms. The van der Waals surface area contributed by atoms with Crippen LogP contribution in [0.1, 0.15) is 10.4 Å². The van der Waals surface area contributed by atoms with Gasteiger partial charge in [0.15, 0.2) is 0 Å². The van der Waals surface area contributed by atoms with Gasteiger partial charge in [0.1, 0.15) is 0 Å². The third-order valence-electron chi connectivity index (χ3n) is 1.00. The Morgan fingerprint density at radius 1 is 1.22 bits per heavy atom. The lowest BCUT2D eigenvalue weighted by atomic mass is 10.2. The first-order valence-corrected chi connectivity index (χ1v) is 2.93. The third-order valence-corrected chi connectivity index (χ3v) is 1.22. The Morgan fingerprint density at radius 3 is 2.11 bits per heavy atom. The molecule has 0 aromatic heterocycles. The second-order valence-electron chi connectivity index (χ2n) is 1.64. The Morgan fingerprint density at radius 2 is 1.78 bits per heavy atom. The van der Waals surface area contributed by atoms with Crippen molar-refractivity contribution in [2.75, 3.05) is 0 Å². The topological polar surface area (TPSA) is 17.1 Å². The molecule has 0 unspecified atom stereocenters. The summed E-state index contributed by atoms with van der Waals surface area (Å²) in [6.07, 6.45) is 0. The van der Waals surface area contributed by atoms with Crippen molar-refractivity contribution in [3.05, 3.63) is 35.9 Å². The molecule has 0 atom stereocenters. The summed E-state index contributed by atoms with van der Waals surface area (Å²) in [5, 5.41) is -0.407. The van der Waals surface area contributed by atoms with E-state index in [1.54, 1.807) is 24.3 Å². The van der Waals surface area contributed by atoms with E-state index in [-0.39, 0.29) is 0 Å². The van der Waals surface area contributed by atoms with Crippen LogP contribution in [0.15, 0.2) is 30.3 Å². The van der Waals surface area contributed by atoms with Crippen LogP contribution in [-0.2, 0) is 0 Å². The smallest absolute Gasteiger partial charge is 0.252 e. The molecule has 1 aromatic carbocycles. The van der Waals surface area contributed by atoms with Crippen LogP contribution in [0.25, 0.3) is 0 Å². The van der Waals surface area contributed by atoms with Crippen molar-refractivity contribution in [1.29, 1.82) is 0 Å². The molecular formula is C7H5ClO. The summed E-state index contributed by atoms with van der Waals surface area (Å²) in [4.78, 5) is 10.4. The first-order chi connectivity index (χ1) is 4.30. The monoisotopic (exact) mass is 140 g/mol. The van der Waals surface area contributed by atoms with Gasteiger partial charge in [-0.05, 0) is 11.6 Å². The summed E-state index contributed by atoms with van der Waals surface area (Å²) in [5.74, 6) is 0. The number of halogens is 1. The van der Waals surface area contributed by atoms with E-state index < -0.39 is 5.24 Å². The highest BCUT2D eigenvalue weighted by molar-refractivity contribution is 6.67. The van der Waals surface area contributed by atoms with Gasteiger partial charge in [-0.2, -0.15) is 0 Å². The maximum Gasteiger partial charge on any atom is 0.252 e.